The molecule has 140 valence electrons. The molecule has 1 aromatic heterocycles. The minimum Gasteiger partial charge on any atom is -0.494 e. The maximum atomic E-state index is 12.3. The Hall–Kier alpha value is -2.86. The van der Waals surface area contributed by atoms with E-state index >= 15 is 0 Å². The van der Waals surface area contributed by atoms with E-state index in [-0.39, 0.29) is 17.4 Å². The Bertz CT molecular complexity index is 921. The zero-order valence-electron chi connectivity index (χ0n) is 15.0. The molecule has 0 aliphatic heterocycles. The summed E-state index contributed by atoms with van der Waals surface area (Å²) in [6, 6.07) is 20.0. The Morgan fingerprint density at radius 2 is 1.78 bits per heavy atom. The van der Waals surface area contributed by atoms with Gasteiger partial charge in [-0.15, -0.1) is 0 Å². The summed E-state index contributed by atoms with van der Waals surface area (Å²) < 4.78 is 23.5. The van der Waals surface area contributed by atoms with Crippen LogP contribution in [0.2, 0.25) is 0 Å². The highest BCUT2D eigenvalue weighted by Crippen LogP contribution is 2.18. The molecule has 0 saturated heterocycles. The van der Waals surface area contributed by atoms with Crippen molar-refractivity contribution < 1.29 is 18.2 Å². The maximum absolute atomic E-state index is 12.3. The summed E-state index contributed by atoms with van der Waals surface area (Å²) >= 11 is 0. The predicted octanol–water partition coefficient (Wildman–Crippen LogP) is 3.92. The standard InChI is InChI=1S/C21H21NO4S/c1-2-25-19-11-7-6-8-16(19)14-22-21(23)20-13-12-17(26-20)15-27(24)18-9-4-3-5-10-18/h3-13H,2,14-15H2,1H3,(H,22,23)/t27-/m0/s1. The molecule has 6 heteroatoms. The molecule has 27 heavy (non-hydrogen) atoms. The zero-order valence-corrected chi connectivity index (χ0v) is 15.8. The van der Waals surface area contributed by atoms with Crippen molar-refractivity contribution in [2.24, 2.45) is 0 Å². The van der Waals surface area contributed by atoms with Crippen LogP contribution in [-0.4, -0.2) is 16.7 Å². The largest absolute Gasteiger partial charge is 0.494 e. The Morgan fingerprint density at radius 3 is 2.56 bits per heavy atom. The van der Waals surface area contributed by atoms with Gasteiger partial charge in [-0.25, -0.2) is 0 Å². The summed E-state index contributed by atoms with van der Waals surface area (Å²) in [6.07, 6.45) is 0. The Balaban J connectivity index is 1.60. The van der Waals surface area contributed by atoms with Gasteiger partial charge in [0, 0.05) is 17.0 Å². The van der Waals surface area contributed by atoms with Crippen molar-refractivity contribution >= 4 is 16.7 Å². The molecule has 1 atom stereocenters. The van der Waals surface area contributed by atoms with Gasteiger partial charge in [-0.3, -0.25) is 9.00 Å². The molecule has 5 nitrogen and oxygen atoms in total. The van der Waals surface area contributed by atoms with Gasteiger partial charge in [0.25, 0.3) is 5.91 Å². The molecule has 0 bridgehead atoms. The van der Waals surface area contributed by atoms with Crippen LogP contribution in [-0.2, 0) is 23.1 Å². The number of hydrogen-bond donors (Lipinski definition) is 1. The number of amides is 1. The van der Waals surface area contributed by atoms with Gasteiger partial charge in [0.05, 0.1) is 23.2 Å². The first kappa shape index (κ1) is 18.9. The molecule has 2 aromatic carbocycles. The first-order valence-electron chi connectivity index (χ1n) is 8.68. The van der Waals surface area contributed by atoms with Crippen molar-refractivity contribution in [3.05, 3.63) is 83.8 Å². The molecule has 3 rings (SSSR count). The maximum Gasteiger partial charge on any atom is 0.287 e. The van der Waals surface area contributed by atoms with E-state index in [1.165, 1.54) is 0 Å². The van der Waals surface area contributed by atoms with E-state index in [0.29, 0.717) is 18.9 Å². The first-order chi connectivity index (χ1) is 13.2. The summed E-state index contributed by atoms with van der Waals surface area (Å²) in [4.78, 5) is 13.1. The summed E-state index contributed by atoms with van der Waals surface area (Å²) in [5.74, 6) is 1.36. The van der Waals surface area contributed by atoms with Crippen LogP contribution < -0.4 is 10.1 Å². The Kier molecular flexibility index (Phi) is 6.44. The van der Waals surface area contributed by atoms with Crippen LogP contribution in [0, 0.1) is 0 Å². The molecule has 0 spiro atoms. The van der Waals surface area contributed by atoms with Crippen molar-refractivity contribution in [1.82, 2.24) is 5.32 Å². The van der Waals surface area contributed by atoms with Crippen LogP contribution in [0.25, 0.3) is 0 Å². The highest BCUT2D eigenvalue weighted by Gasteiger charge is 2.14. The van der Waals surface area contributed by atoms with Gasteiger partial charge in [0.15, 0.2) is 5.76 Å². The van der Waals surface area contributed by atoms with Crippen molar-refractivity contribution in [2.75, 3.05) is 6.61 Å². The van der Waals surface area contributed by atoms with Crippen molar-refractivity contribution in [3.8, 4) is 5.75 Å². The van der Waals surface area contributed by atoms with Crippen molar-refractivity contribution in [2.45, 2.75) is 24.1 Å². The van der Waals surface area contributed by atoms with E-state index in [0.717, 1.165) is 16.2 Å². The van der Waals surface area contributed by atoms with Gasteiger partial charge in [0.2, 0.25) is 0 Å². The fourth-order valence-corrected chi connectivity index (χ4v) is 3.61. The fraction of sp³-hybridized carbons (Fsp3) is 0.190. The lowest BCUT2D eigenvalue weighted by atomic mass is 10.2. The predicted molar refractivity (Wildman–Crippen MR) is 104 cm³/mol. The number of hydrogen-bond acceptors (Lipinski definition) is 4. The number of carbonyl (C=O) groups excluding carboxylic acids is 1. The molecule has 0 aliphatic rings. The monoisotopic (exact) mass is 383 g/mol. The second kappa shape index (κ2) is 9.19. The quantitative estimate of drug-likeness (QED) is 0.640. The van der Waals surface area contributed by atoms with E-state index < -0.39 is 10.8 Å². The highest BCUT2D eigenvalue weighted by molar-refractivity contribution is 7.84. The van der Waals surface area contributed by atoms with Gasteiger partial charge in [-0.2, -0.15) is 0 Å². The van der Waals surface area contributed by atoms with E-state index in [1.807, 2.05) is 61.5 Å². The molecular weight excluding hydrogens is 362 g/mol. The van der Waals surface area contributed by atoms with Crippen molar-refractivity contribution in [1.29, 1.82) is 0 Å². The normalized spacial score (nSPS) is 11.7. The van der Waals surface area contributed by atoms with Gasteiger partial charge in [0.1, 0.15) is 11.5 Å². The molecule has 0 fully saturated rings. The number of nitrogens with one attached hydrogen (secondary N) is 1. The van der Waals surface area contributed by atoms with E-state index in [2.05, 4.69) is 5.32 Å². The Labute approximate surface area is 160 Å². The van der Waals surface area contributed by atoms with Crippen LogP contribution in [0.1, 0.15) is 28.8 Å². The summed E-state index contributed by atoms with van der Waals surface area (Å²) in [5, 5.41) is 2.82. The SMILES string of the molecule is CCOc1ccccc1CNC(=O)c1ccc(C[S@](=O)c2ccccc2)o1. The first-order valence-corrected chi connectivity index (χ1v) is 10.0. The molecule has 0 unspecified atom stereocenters. The van der Waals surface area contributed by atoms with Crippen LogP contribution >= 0.6 is 0 Å². The summed E-state index contributed by atoms with van der Waals surface area (Å²) in [5.41, 5.74) is 0.893. The fourth-order valence-electron chi connectivity index (χ4n) is 2.57. The molecule has 3 aromatic rings. The van der Waals surface area contributed by atoms with Crippen LogP contribution in [0.5, 0.6) is 5.75 Å². The number of carbonyl (C=O) groups is 1. The molecular formula is C21H21NO4S. The molecule has 1 N–H and O–H groups in total. The minimum absolute atomic E-state index is 0.198. The lowest BCUT2D eigenvalue weighted by Gasteiger charge is -2.10. The van der Waals surface area contributed by atoms with Crippen molar-refractivity contribution in [3.63, 3.8) is 0 Å². The van der Waals surface area contributed by atoms with Crippen LogP contribution in [0.4, 0.5) is 0 Å². The second-order valence-electron chi connectivity index (χ2n) is 5.79. The van der Waals surface area contributed by atoms with Crippen LogP contribution in [0.3, 0.4) is 0 Å². The molecule has 1 amide bonds. The van der Waals surface area contributed by atoms with E-state index in [9.17, 15) is 9.00 Å². The lowest BCUT2D eigenvalue weighted by molar-refractivity contribution is 0.0921. The van der Waals surface area contributed by atoms with Gasteiger partial charge < -0.3 is 14.5 Å². The number of rotatable bonds is 8. The average molecular weight is 383 g/mol. The van der Waals surface area contributed by atoms with Gasteiger partial charge in [-0.1, -0.05) is 36.4 Å². The third kappa shape index (κ3) is 5.08. The number of para-hydroxylation sites is 1. The number of benzene rings is 2. The Morgan fingerprint density at radius 1 is 1.04 bits per heavy atom. The molecule has 0 radical (unpaired) electrons. The third-order valence-corrected chi connectivity index (χ3v) is 5.22. The number of furan rings is 1. The molecule has 0 saturated carbocycles. The van der Waals surface area contributed by atoms with Crippen LogP contribution in [0.15, 0.2) is 76.0 Å². The molecule has 1 heterocycles. The highest BCUT2D eigenvalue weighted by atomic mass is 32.2. The summed E-state index contributed by atoms with van der Waals surface area (Å²) in [6.45, 7) is 2.81. The average Bonchev–Trinajstić information content (AvgIpc) is 3.16. The van der Waals surface area contributed by atoms with Gasteiger partial charge >= 0.3 is 0 Å². The molecule has 0 aliphatic carbocycles. The smallest absolute Gasteiger partial charge is 0.287 e. The minimum atomic E-state index is -1.22. The second-order valence-corrected chi connectivity index (χ2v) is 7.24. The van der Waals surface area contributed by atoms with Gasteiger partial charge in [-0.05, 0) is 37.3 Å². The zero-order chi connectivity index (χ0) is 19.1. The van der Waals surface area contributed by atoms with E-state index in [1.54, 1.807) is 12.1 Å². The summed E-state index contributed by atoms with van der Waals surface area (Å²) in [7, 11) is -1.22. The lowest BCUT2D eigenvalue weighted by Crippen LogP contribution is -2.22. The third-order valence-electron chi connectivity index (χ3n) is 3.88. The number of ether oxygens (including phenoxy) is 1. The van der Waals surface area contributed by atoms with E-state index in [4.69, 9.17) is 9.15 Å². The topological polar surface area (TPSA) is 68.5 Å².